The number of nitrogens with zero attached hydrogens (tertiary/aromatic N) is 2. The second-order valence-electron chi connectivity index (χ2n) is 5.67. The smallest absolute Gasteiger partial charge is 0.277 e. The molecular weight excluding hydrogens is 385 g/mol. The summed E-state index contributed by atoms with van der Waals surface area (Å²) in [5.41, 5.74) is 0.775. The maximum atomic E-state index is 13.7. The number of rotatable bonds is 7. The van der Waals surface area contributed by atoms with Gasteiger partial charge in [-0.15, -0.1) is 10.2 Å². The molecule has 3 rings (SSSR count). The van der Waals surface area contributed by atoms with Crippen LogP contribution in [0.1, 0.15) is 6.92 Å². The molecule has 1 N–H and O–H groups in total. The number of ether oxygens (including phenoxy) is 2. The number of benzene rings is 2. The van der Waals surface area contributed by atoms with Crippen molar-refractivity contribution in [3.8, 4) is 23.0 Å². The van der Waals surface area contributed by atoms with Crippen LogP contribution >= 0.6 is 11.8 Å². The molecule has 1 amide bonds. The fourth-order valence-electron chi connectivity index (χ4n) is 2.34. The van der Waals surface area contributed by atoms with Crippen LogP contribution in [0.4, 0.5) is 10.1 Å². The number of hydrogen-bond acceptors (Lipinski definition) is 7. The van der Waals surface area contributed by atoms with E-state index in [9.17, 15) is 9.18 Å². The monoisotopic (exact) mass is 403 g/mol. The molecule has 0 fully saturated rings. The molecule has 9 heteroatoms. The summed E-state index contributed by atoms with van der Waals surface area (Å²) in [5, 5.41) is 10.2. The van der Waals surface area contributed by atoms with Crippen molar-refractivity contribution in [3.63, 3.8) is 0 Å². The molecular formula is C19H18FN3O4S. The van der Waals surface area contributed by atoms with Gasteiger partial charge in [0.25, 0.3) is 5.22 Å². The van der Waals surface area contributed by atoms with Crippen LogP contribution in [0.5, 0.6) is 11.5 Å². The van der Waals surface area contributed by atoms with Crippen molar-refractivity contribution in [2.45, 2.75) is 17.4 Å². The zero-order valence-electron chi connectivity index (χ0n) is 15.4. The standard InChI is InChI=1S/C19H18FN3O4S/c1-11(17(24)21-14-7-5-4-6-13(14)20)28-19-23-22-18(27-19)12-8-9-15(25-2)16(10-12)26-3/h4-11H,1-3H3,(H,21,24)/t11-/m1/s1. The third kappa shape index (κ3) is 4.42. The number of carbonyl (C=O) groups excluding carboxylic acids is 1. The van der Waals surface area contributed by atoms with E-state index in [1.165, 1.54) is 19.2 Å². The van der Waals surface area contributed by atoms with Gasteiger partial charge in [0.15, 0.2) is 11.5 Å². The minimum absolute atomic E-state index is 0.122. The molecule has 1 aromatic heterocycles. The number of nitrogens with one attached hydrogen (secondary N) is 1. The summed E-state index contributed by atoms with van der Waals surface area (Å²) in [6.07, 6.45) is 0. The van der Waals surface area contributed by atoms with Crippen LogP contribution in [0.2, 0.25) is 0 Å². The van der Waals surface area contributed by atoms with Crippen LogP contribution in [-0.4, -0.2) is 35.6 Å². The lowest BCUT2D eigenvalue weighted by molar-refractivity contribution is -0.115. The molecule has 2 aromatic carbocycles. The van der Waals surface area contributed by atoms with E-state index >= 15 is 0 Å². The van der Waals surface area contributed by atoms with E-state index < -0.39 is 11.1 Å². The van der Waals surface area contributed by atoms with Crippen LogP contribution in [0.3, 0.4) is 0 Å². The first-order valence-electron chi connectivity index (χ1n) is 8.29. The number of anilines is 1. The highest BCUT2D eigenvalue weighted by atomic mass is 32.2. The van der Waals surface area contributed by atoms with Crippen molar-refractivity contribution >= 4 is 23.4 Å². The summed E-state index contributed by atoms with van der Waals surface area (Å²) >= 11 is 1.08. The molecule has 0 spiro atoms. The Balaban J connectivity index is 1.69. The van der Waals surface area contributed by atoms with Gasteiger partial charge in [-0.25, -0.2) is 4.39 Å². The Morgan fingerprint density at radius 3 is 2.61 bits per heavy atom. The SMILES string of the molecule is COc1ccc(-c2nnc(S[C@H](C)C(=O)Nc3ccccc3F)o2)cc1OC. The van der Waals surface area contributed by atoms with E-state index in [4.69, 9.17) is 13.9 Å². The highest BCUT2D eigenvalue weighted by Gasteiger charge is 2.20. The third-order valence-electron chi connectivity index (χ3n) is 3.82. The number of amides is 1. The fraction of sp³-hybridized carbons (Fsp3) is 0.211. The zero-order valence-corrected chi connectivity index (χ0v) is 16.2. The Hall–Kier alpha value is -3.07. The maximum absolute atomic E-state index is 13.7. The number of aromatic nitrogens is 2. The number of para-hydroxylation sites is 1. The minimum atomic E-state index is -0.571. The molecule has 0 aliphatic carbocycles. The predicted molar refractivity (Wildman–Crippen MR) is 103 cm³/mol. The topological polar surface area (TPSA) is 86.5 Å². The Bertz CT molecular complexity index is 979. The highest BCUT2D eigenvalue weighted by Crippen LogP contribution is 2.33. The lowest BCUT2D eigenvalue weighted by atomic mass is 10.2. The lowest BCUT2D eigenvalue weighted by Crippen LogP contribution is -2.22. The van der Waals surface area contributed by atoms with Gasteiger partial charge in [-0.1, -0.05) is 23.9 Å². The van der Waals surface area contributed by atoms with E-state index in [-0.39, 0.29) is 22.7 Å². The summed E-state index contributed by atoms with van der Waals surface area (Å²) in [7, 11) is 3.08. The normalized spacial score (nSPS) is 11.7. The van der Waals surface area contributed by atoms with Gasteiger partial charge in [0.05, 0.1) is 25.2 Å². The Labute approximate surface area is 165 Å². The number of hydrogen-bond donors (Lipinski definition) is 1. The number of halogens is 1. The summed E-state index contributed by atoms with van der Waals surface area (Å²) in [4.78, 5) is 12.3. The average molecular weight is 403 g/mol. The molecule has 0 radical (unpaired) electrons. The first-order valence-corrected chi connectivity index (χ1v) is 9.17. The van der Waals surface area contributed by atoms with Crippen LogP contribution in [0, 0.1) is 5.82 Å². The summed E-state index contributed by atoms with van der Waals surface area (Å²) in [6.45, 7) is 1.67. The van der Waals surface area contributed by atoms with E-state index in [0.717, 1.165) is 11.8 Å². The molecule has 0 aliphatic heterocycles. The van der Waals surface area contributed by atoms with Gasteiger partial charge in [0.1, 0.15) is 5.82 Å². The largest absolute Gasteiger partial charge is 0.493 e. The lowest BCUT2D eigenvalue weighted by Gasteiger charge is -2.10. The van der Waals surface area contributed by atoms with E-state index in [2.05, 4.69) is 15.5 Å². The molecule has 0 saturated heterocycles. The van der Waals surface area contributed by atoms with Crippen molar-refractivity contribution in [3.05, 3.63) is 48.3 Å². The molecule has 0 unspecified atom stereocenters. The van der Waals surface area contributed by atoms with Crippen LogP contribution < -0.4 is 14.8 Å². The van der Waals surface area contributed by atoms with Crippen LogP contribution in [-0.2, 0) is 4.79 Å². The molecule has 28 heavy (non-hydrogen) atoms. The van der Waals surface area contributed by atoms with Crippen molar-refractivity contribution in [2.75, 3.05) is 19.5 Å². The van der Waals surface area contributed by atoms with Gasteiger partial charge in [0, 0.05) is 5.56 Å². The fourth-order valence-corrected chi connectivity index (χ4v) is 3.03. The third-order valence-corrected chi connectivity index (χ3v) is 4.75. The molecule has 3 aromatic rings. The quantitative estimate of drug-likeness (QED) is 0.597. The number of thioether (sulfide) groups is 1. The predicted octanol–water partition coefficient (Wildman–Crippen LogP) is 4.01. The van der Waals surface area contributed by atoms with Crippen molar-refractivity contribution in [1.29, 1.82) is 0 Å². The van der Waals surface area contributed by atoms with Gasteiger partial charge in [0.2, 0.25) is 11.8 Å². The van der Waals surface area contributed by atoms with Crippen molar-refractivity contribution in [1.82, 2.24) is 10.2 Å². The number of carbonyl (C=O) groups is 1. The van der Waals surface area contributed by atoms with Gasteiger partial charge >= 0.3 is 0 Å². The molecule has 1 heterocycles. The minimum Gasteiger partial charge on any atom is -0.493 e. The molecule has 0 aliphatic rings. The second-order valence-corrected chi connectivity index (χ2v) is 6.96. The second kappa shape index (κ2) is 8.75. The van der Waals surface area contributed by atoms with E-state index in [0.29, 0.717) is 17.1 Å². The van der Waals surface area contributed by atoms with Crippen LogP contribution in [0.15, 0.2) is 52.1 Å². The first kappa shape index (κ1) is 19.7. The molecule has 7 nitrogen and oxygen atoms in total. The van der Waals surface area contributed by atoms with Gasteiger partial charge in [-0.2, -0.15) is 0 Å². The van der Waals surface area contributed by atoms with Crippen molar-refractivity contribution in [2.24, 2.45) is 0 Å². The Morgan fingerprint density at radius 2 is 1.89 bits per heavy atom. The van der Waals surface area contributed by atoms with Gasteiger partial charge < -0.3 is 19.2 Å². The summed E-state index contributed by atoms with van der Waals surface area (Å²) in [6, 6.07) is 11.2. The Kier molecular flexibility index (Phi) is 6.15. The maximum Gasteiger partial charge on any atom is 0.277 e. The van der Waals surface area contributed by atoms with E-state index in [1.807, 2.05) is 0 Å². The first-order chi connectivity index (χ1) is 13.5. The highest BCUT2D eigenvalue weighted by molar-refractivity contribution is 8.00. The summed E-state index contributed by atoms with van der Waals surface area (Å²) < 4.78 is 29.8. The molecule has 146 valence electrons. The van der Waals surface area contributed by atoms with Gasteiger partial charge in [-0.3, -0.25) is 4.79 Å². The van der Waals surface area contributed by atoms with Crippen molar-refractivity contribution < 1.29 is 23.1 Å². The Morgan fingerprint density at radius 1 is 1.14 bits per heavy atom. The van der Waals surface area contributed by atoms with Gasteiger partial charge in [-0.05, 0) is 37.3 Å². The average Bonchev–Trinajstić information content (AvgIpc) is 3.17. The zero-order chi connectivity index (χ0) is 20.1. The number of methoxy groups -OCH3 is 2. The summed E-state index contributed by atoms with van der Waals surface area (Å²) in [5.74, 6) is 0.525. The molecule has 1 atom stereocenters. The van der Waals surface area contributed by atoms with Crippen LogP contribution in [0.25, 0.3) is 11.5 Å². The molecule has 0 bridgehead atoms. The molecule has 0 saturated carbocycles. The van der Waals surface area contributed by atoms with E-state index in [1.54, 1.807) is 44.4 Å².